The fourth-order valence-electron chi connectivity index (χ4n) is 1.45. The third-order valence-corrected chi connectivity index (χ3v) is 3.82. The smallest absolute Gasteiger partial charge is 0.240 e. The first-order valence-electron chi connectivity index (χ1n) is 5.73. The molecule has 2 rings (SSSR count). The van der Waals surface area contributed by atoms with Gasteiger partial charge in [-0.1, -0.05) is 18.2 Å². The quantitative estimate of drug-likeness (QED) is 0.766. The van der Waals surface area contributed by atoms with E-state index >= 15 is 0 Å². The summed E-state index contributed by atoms with van der Waals surface area (Å²) in [5, 5.41) is 2.97. The van der Waals surface area contributed by atoms with Gasteiger partial charge in [-0.3, -0.25) is 4.98 Å². The molecule has 1 aromatic carbocycles. The molecule has 6 nitrogen and oxygen atoms in total. The van der Waals surface area contributed by atoms with Gasteiger partial charge >= 0.3 is 0 Å². The minimum Gasteiger partial charge on any atom is -0.367 e. The van der Waals surface area contributed by atoms with Gasteiger partial charge in [-0.25, -0.2) is 18.1 Å². The number of hydrogen-bond acceptors (Lipinski definition) is 5. The van der Waals surface area contributed by atoms with E-state index in [1.807, 2.05) is 0 Å². The lowest BCUT2D eigenvalue weighted by Gasteiger charge is -2.07. The van der Waals surface area contributed by atoms with E-state index in [1.54, 1.807) is 48.9 Å². The Morgan fingerprint density at radius 3 is 2.53 bits per heavy atom. The van der Waals surface area contributed by atoms with Crippen LogP contribution in [0.25, 0.3) is 0 Å². The van der Waals surface area contributed by atoms with Crippen LogP contribution in [-0.2, 0) is 10.0 Å². The Morgan fingerprint density at radius 1 is 1.05 bits per heavy atom. The van der Waals surface area contributed by atoms with Crippen molar-refractivity contribution >= 4 is 15.8 Å². The molecule has 0 unspecified atom stereocenters. The number of sulfonamides is 1. The summed E-state index contributed by atoms with van der Waals surface area (Å²) < 4.78 is 26.3. The molecule has 0 spiro atoms. The topological polar surface area (TPSA) is 84.0 Å². The lowest BCUT2D eigenvalue weighted by molar-refractivity contribution is 0.583. The molecule has 0 saturated heterocycles. The Bertz CT molecular complexity index is 602. The van der Waals surface area contributed by atoms with Gasteiger partial charge in [-0.2, -0.15) is 0 Å². The Balaban J connectivity index is 1.83. The maximum atomic E-state index is 11.9. The number of anilines is 1. The van der Waals surface area contributed by atoms with Crippen LogP contribution in [0.5, 0.6) is 0 Å². The Morgan fingerprint density at radius 2 is 1.84 bits per heavy atom. The van der Waals surface area contributed by atoms with Crippen molar-refractivity contribution < 1.29 is 8.42 Å². The molecular weight excluding hydrogens is 264 g/mol. The molecule has 0 amide bonds. The SMILES string of the molecule is O=S(=O)(NCCNc1cnccn1)c1ccccc1. The average Bonchev–Trinajstić information content (AvgIpc) is 2.46. The van der Waals surface area contributed by atoms with Gasteiger partial charge in [0.25, 0.3) is 0 Å². The second-order valence-electron chi connectivity index (χ2n) is 3.73. The molecule has 19 heavy (non-hydrogen) atoms. The van der Waals surface area contributed by atoms with Crippen LogP contribution in [0.15, 0.2) is 53.8 Å². The summed E-state index contributed by atoms with van der Waals surface area (Å²) in [6, 6.07) is 8.25. The van der Waals surface area contributed by atoms with Crippen LogP contribution in [0, 0.1) is 0 Å². The van der Waals surface area contributed by atoms with Crippen LogP contribution in [-0.4, -0.2) is 31.5 Å². The average molecular weight is 278 g/mol. The van der Waals surface area contributed by atoms with Crippen molar-refractivity contribution in [3.63, 3.8) is 0 Å². The molecule has 0 aliphatic carbocycles. The number of nitrogens with one attached hydrogen (secondary N) is 2. The molecule has 0 aliphatic heterocycles. The highest BCUT2D eigenvalue weighted by molar-refractivity contribution is 7.89. The molecule has 2 aromatic rings. The summed E-state index contributed by atoms with van der Waals surface area (Å²) in [5.41, 5.74) is 0. The van der Waals surface area contributed by atoms with Crippen molar-refractivity contribution in [3.05, 3.63) is 48.9 Å². The molecule has 0 bridgehead atoms. The Labute approximate surface area is 112 Å². The van der Waals surface area contributed by atoms with Gasteiger partial charge in [0.05, 0.1) is 11.1 Å². The summed E-state index contributed by atoms with van der Waals surface area (Å²) in [5.74, 6) is 0.612. The largest absolute Gasteiger partial charge is 0.367 e. The molecule has 0 saturated carbocycles. The monoisotopic (exact) mass is 278 g/mol. The molecule has 0 fully saturated rings. The van der Waals surface area contributed by atoms with Crippen molar-refractivity contribution in [1.82, 2.24) is 14.7 Å². The van der Waals surface area contributed by atoms with E-state index in [0.717, 1.165) is 0 Å². The van der Waals surface area contributed by atoms with Crippen molar-refractivity contribution in [2.75, 3.05) is 18.4 Å². The van der Waals surface area contributed by atoms with E-state index in [1.165, 1.54) is 0 Å². The zero-order valence-electron chi connectivity index (χ0n) is 10.2. The number of nitrogens with zero attached hydrogens (tertiary/aromatic N) is 2. The second-order valence-corrected chi connectivity index (χ2v) is 5.50. The first kappa shape index (κ1) is 13.4. The van der Waals surface area contributed by atoms with Crippen LogP contribution in [0.4, 0.5) is 5.82 Å². The summed E-state index contributed by atoms with van der Waals surface area (Å²) in [6.45, 7) is 0.707. The van der Waals surface area contributed by atoms with E-state index in [2.05, 4.69) is 20.0 Å². The zero-order valence-corrected chi connectivity index (χ0v) is 11.0. The number of hydrogen-bond donors (Lipinski definition) is 2. The van der Waals surface area contributed by atoms with Gasteiger partial charge in [-0.15, -0.1) is 0 Å². The molecular formula is C12H14N4O2S. The number of rotatable bonds is 6. The maximum absolute atomic E-state index is 11.9. The van der Waals surface area contributed by atoms with E-state index in [9.17, 15) is 8.42 Å². The first-order chi connectivity index (χ1) is 9.18. The van der Waals surface area contributed by atoms with Gasteiger partial charge in [-0.05, 0) is 12.1 Å². The predicted octanol–water partition coefficient (Wildman–Crippen LogP) is 0.867. The fourth-order valence-corrected chi connectivity index (χ4v) is 2.50. The highest BCUT2D eigenvalue weighted by Crippen LogP contribution is 2.06. The van der Waals surface area contributed by atoms with Crippen LogP contribution in [0.3, 0.4) is 0 Å². The molecule has 2 N–H and O–H groups in total. The van der Waals surface area contributed by atoms with Crippen LogP contribution >= 0.6 is 0 Å². The number of aromatic nitrogens is 2. The molecule has 1 aromatic heterocycles. The van der Waals surface area contributed by atoms with Gasteiger partial charge in [0.1, 0.15) is 5.82 Å². The number of benzene rings is 1. The second kappa shape index (κ2) is 6.26. The van der Waals surface area contributed by atoms with E-state index in [0.29, 0.717) is 12.4 Å². The van der Waals surface area contributed by atoms with Crippen molar-refractivity contribution in [1.29, 1.82) is 0 Å². The molecule has 0 radical (unpaired) electrons. The minimum absolute atomic E-state index is 0.259. The summed E-state index contributed by atoms with van der Waals surface area (Å²) in [4.78, 5) is 8.17. The highest BCUT2D eigenvalue weighted by Gasteiger charge is 2.11. The maximum Gasteiger partial charge on any atom is 0.240 e. The lowest BCUT2D eigenvalue weighted by atomic mass is 10.4. The zero-order chi connectivity index (χ0) is 13.6. The van der Waals surface area contributed by atoms with Crippen molar-refractivity contribution in [2.24, 2.45) is 0 Å². The van der Waals surface area contributed by atoms with E-state index in [-0.39, 0.29) is 11.4 Å². The molecule has 1 heterocycles. The summed E-state index contributed by atoms with van der Waals surface area (Å²) in [7, 11) is -3.44. The minimum atomic E-state index is -3.44. The van der Waals surface area contributed by atoms with Gasteiger partial charge < -0.3 is 5.32 Å². The first-order valence-corrected chi connectivity index (χ1v) is 7.21. The summed E-state index contributed by atoms with van der Waals surface area (Å²) in [6.07, 6.45) is 4.71. The van der Waals surface area contributed by atoms with Crippen LogP contribution in [0.1, 0.15) is 0 Å². The molecule has 7 heteroatoms. The van der Waals surface area contributed by atoms with E-state index in [4.69, 9.17) is 0 Å². The molecule has 100 valence electrons. The molecule has 0 atom stereocenters. The normalized spacial score (nSPS) is 11.2. The van der Waals surface area contributed by atoms with Gasteiger partial charge in [0, 0.05) is 25.5 Å². The fraction of sp³-hybridized carbons (Fsp3) is 0.167. The summed E-state index contributed by atoms with van der Waals surface area (Å²) >= 11 is 0. The van der Waals surface area contributed by atoms with E-state index < -0.39 is 10.0 Å². The van der Waals surface area contributed by atoms with Crippen molar-refractivity contribution in [2.45, 2.75) is 4.90 Å². The molecule has 0 aliphatic rings. The third-order valence-electron chi connectivity index (χ3n) is 2.34. The van der Waals surface area contributed by atoms with Gasteiger partial charge in [0.2, 0.25) is 10.0 Å². The Kier molecular flexibility index (Phi) is 4.43. The third kappa shape index (κ3) is 4.01. The van der Waals surface area contributed by atoms with Crippen LogP contribution in [0.2, 0.25) is 0 Å². The predicted molar refractivity (Wildman–Crippen MR) is 72.2 cm³/mol. The highest BCUT2D eigenvalue weighted by atomic mass is 32.2. The standard InChI is InChI=1S/C12H14N4O2S/c17-19(18,11-4-2-1-3-5-11)16-9-8-15-12-10-13-6-7-14-12/h1-7,10,16H,8-9H2,(H,14,15). The van der Waals surface area contributed by atoms with Crippen molar-refractivity contribution in [3.8, 4) is 0 Å². The Hall–Kier alpha value is -1.99. The van der Waals surface area contributed by atoms with Crippen LogP contribution < -0.4 is 10.0 Å². The lowest BCUT2D eigenvalue weighted by Crippen LogP contribution is -2.29. The van der Waals surface area contributed by atoms with Gasteiger partial charge in [0.15, 0.2) is 0 Å².